The highest BCUT2D eigenvalue weighted by molar-refractivity contribution is 6.35. The van der Waals surface area contributed by atoms with Crippen molar-refractivity contribution in [1.82, 2.24) is 0 Å². The van der Waals surface area contributed by atoms with Crippen LogP contribution in [-0.2, 0) is 4.79 Å². The molecule has 1 aliphatic rings. The second-order valence-corrected chi connectivity index (χ2v) is 4.50. The number of hydrogen-bond donors (Lipinski definition) is 1. The molecule has 1 amide bonds. The minimum absolute atomic E-state index is 0.0514. The van der Waals surface area contributed by atoms with Crippen LogP contribution in [0.25, 0.3) is 11.6 Å². The molecule has 94 valence electrons. The number of likely N-dealkylation sites (N-methyl/N-ethyl adjacent to an activating group) is 1. The lowest BCUT2D eigenvalue weighted by molar-refractivity contribution is -0.112. The predicted molar refractivity (Wildman–Crippen MR) is 75.8 cm³/mol. The van der Waals surface area contributed by atoms with Crippen LogP contribution in [0, 0.1) is 0 Å². The number of hydrogen-bond acceptors (Lipinski definition) is 2. The quantitative estimate of drug-likeness (QED) is 0.792. The summed E-state index contributed by atoms with van der Waals surface area (Å²) in [6.07, 6.45) is 1.74. The lowest BCUT2D eigenvalue weighted by atomic mass is 10.0. The first kappa shape index (κ1) is 11.5. The first-order valence-corrected chi connectivity index (χ1v) is 6.05. The van der Waals surface area contributed by atoms with Crippen LogP contribution >= 0.6 is 0 Å². The molecule has 0 radical (unpaired) electrons. The molecule has 3 nitrogen and oxygen atoms in total. The van der Waals surface area contributed by atoms with E-state index in [-0.39, 0.29) is 11.7 Å². The molecule has 1 N–H and O–H groups in total. The fourth-order valence-electron chi connectivity index (χ4n) is 2.30. The van der Waals surface area contributed by atoms with Gasteiger partial charge in [-0.25, -0.2) is 0 Å². The summed E-state index contributed by atoms with van der Waals surface area (Å²) in [5.74, 6) is 0.124. The first-order chi connectivity index (χ1) is 9.18. The third-order valence-electron chi connectivity index (χ3n) is 3.33. The minimum Gasteiger partial charge on any atom is -0.507 e. The van der Waals surface area contributed by atoms with Gasteiger partial charge in [-0.15, -0.1) is 0 Å². The number of nitrogens with zero attached hydrogens (tertiary/aromatic N) is 1. The van der Waals surface area contributed by atoms with Gasteiger partial charge in [-0.05, 0) is 18.2 Å². The normalized spacial score (nSPS) is 15.9. The predicted octanol–water partition coefficient (Wildman–Crippen LogP) is 2.91. The Labute approximate surface area is 111 Å². The highest BCUT2D eigenvalue weighted by Crippen LogP contribution is 2.37. The molecule has 0 aromatic heterocycles. The Morgan fingerprint density at radius 3 is 2.53 bits per heavy atom. The fourth-order valence-corrected chi connectivity index (χ4v) is 2.30. The zero-order chi connectivity index (χ0) is 13.4. The van der Waals surface area contributed by atoms with Crippen LogP contribution in [0.5, 0.6) is 5.75 Å². The lowest BCUT2D eigenvalue weighted by Gasteiger charge is -2.08. The summed E-state index contributed by atoms with van der Waals surface area (Å²) in [5, 5.41) is 9.80. The van der Waals surface area contributed by atoms with Crippen LogP contribution in [-0.4, -0.2) is 18.1 Å². The van der Waals surface area contributed by atoms with Gasteiger partial charge in [-0.2, -0.15) is 0 Å². The standard InChI is InChI=1S/C16H13NO2/c1-17-14-8-4-3-7-12(14)13(16(17)19)10-11-6-2-5-9-15(11)18/h2-10,18H,1H3/b13-10+. The van der Waals surface area contributed by atoms with Gasteiger partial charge in [0.2, 0.25) is 0 Å². The number of carbonyl (C=O) groups is 1. The third-order valence-corrected chi connectivity index (χ3v) is 3.33. The Hall–Kier alpha value is -2.55. The summed E-state index contributed by atoms with van der Waals surface area (Å²) in [6, 6.07) is 14.6. The molecule has 2 aromatic carbocycles. The number of carbonyl (C=O) groups excluding carboxylic acids is 1. The topological polar surface area (TPSA) is 40.5 Å². The summed E-state index contributed by atoms with van der Waals surface area (Å²) in [5.41, 5.74) is 3.06. The van der Waals surface area contributed by atoms with E-state index in [0.717, 1.165) is 11.3 Å². The van der Waals surface area contributed by atoms with E-state index in [1.807, 2.05) is 30.3 Å². The van der Waals surface area contributed by atoms with Crippen LogP contribution in [0.3, 0.4) is 0 Å². The average molecular weight is 251 g/mol. The second-order valence-electron chi connectivity index (χ2n) is 4.50. The molecule has 0 aliphatic carbocycles. The van der Waals surface area contributed by atoms with Crippen LogP contribution in [0.2, 0.25) is 0 Å². The largest absolute Gasteiger partial charge is 0.507 e. The molecular formula is C16H13NO2. The van der Waals surface area contributed by atoms with Crippen LogP contribution < -0.4 is 4.90 Å². The van der Waals surface area contributed by atoms with E-state index in [2.05, 4.69) is 0 Å². The Kier molecular flexibility index (Phi) is 2.60. The van der Waals surface area contributed by atoms with Crippen molar-refractivity contribution in [3.63, 3.8) is 0 Å². The van der Waals surface area contributed by atoms with Crippen molar-refractivity contribution in [3.8, 4) is 5.75 Å². The van der Waals surface area contributed by atoms with Gasteiger partial charge in [-0.3, -0.25) is 4.79 Å². The van der Waals surface area contributed by atoms with Gasteiger partial charge in [0, 0.05) is 23.7 Å². The third kappa shape index (κ3) is 1.80. The Morgan fingerprint density at radius 1 is 1.05 bits per heavy atom. The van der Waals surface area contributed by atoms with Crippen molar-refractivity contribution in [2.45, 2.75) is 0 Å². The SMILES string of the molecule is CN1C(=O)/C(=C/c2ccccc2O)c2ccccc21. The first-order valence-electron chi connectivity index (χ1n) is 6.05. The molecule has 19 heavy (non-hydrogen) atoms. The number of aromatic hydroxyl groups is 1. The molecular weight excluding hydrogens is 238 g/mol. The molecule has 1 aliphatic heterocycles. The zero-order valence-electron chi connectivity index (χ0n) is 10.5. The second kappa shape index (κ2) is 4.28. The molecule has 0 bridgehead atoms. The molecule has 0 saturated heterocycles. The van der Waals surface area contributed by atoms with Crippen molar-refractivity contribution in [2.75, 3.05) is 11.9 Å². The summed E-state index contributed by atoms with van der Waals surface area (Å²) in [6.45, 7) is 0. The van der Waals surface area contributed by atoms with Crippen LogP contribution in [0.4, 0.5) is 5.69 Å². The molecule has 0 unspecified atom stereocenters. The molecule has 0 saturated carbocycles. The highest BCUT2D eigenvalue weighted by Gasteiger charge is 2.29. The lowest BCUT2D eigenvalue weighted by Crippen LogP contribution is -2.20. The van der Waals surface area contributed by atoms with Crippen molar-refractivity contribution in [2.24, 2.45) is 0 Å². The van der Waals surface area contributed by atoms with Gasteiger partial charge in [0.05, 0.1) is 5.69 Å². The fraction of sp³-hybridized carbons (Fsp3) is 0.0625. The van der Waals surface area contributed by atoms with Gasteiger partial charge in [0.1, 0.15) is 5.75 Å². The van der Waals surface area contributed by atoms with Gasteiger partial charge >= 0.3 is 0 Å². The maximum atomic E-state index is 12.3. The van der Waals surface area contributed by atoms with Crippen molar-refractivity contribution < 1.29 is 9.90 Å². The van der Waals surface area contributed by atoms with Gasteiger partial charge in [-0.1, -0.05) is 36.4 Å². The summed E-state index contributed by atoms with van der Waals surface area (Å²) in [7, 11) is 1.76. The monoisotopic (exact) mass is 251 g/mol. The maximum absolute atomic E-state index is 12.3. The van der Waals surface area contributed by atoms with E-state index >= 15 is 0 Å². The number of rotatable bonds is 1. The summed E-state index contributed by atoms with van der Waals surface area (Å²) in [4.78, 5) is 13.9. The molecule has 1 heterocycles. The van der Waals surface area contributed by atoms with Gasteiger partial charge < -0.3 is 10.0 Å². The summed E-state index contributed by atoms with van der Waals surface area (Å²) < 4.78 is 0. The average Bonchev–Trinajstić information content (AvgIpc) is 2.67. The number of phenols is 1. The van der Waals surface area contributed by atoms with Crippen molar-refractivity contribution in [3.05, 3.63) is 59.7 Å². The number of anilines is 1. The highest BCUT2D eigenvalue weighted by atomic mass is 16.3. The molecule has 0 atom stereocenters. The summed E-state index contributed by atoms with van der Waals surface area (Å²) >= 11 is 0. The maximum Gasteiger partial charge on any atom is 0.258 e. The minimum atomic E-state index is -0.0514. The van der Waals surface area contributed by atoms with Crippen LogP contribution in [0.15, 0.2) is 48.5 Å². The zero-order valence-corrected chi connectivity index (χ0v) is 10.5. The molecule has 0 fully saturated rings. The van der Waals surface area contributed by atoms with Gasteiger partial charge in [0.25, 0.3) is 5.91 Å². The molecule has 3 heteroatoms. The van der Waals surface area contributed by atoms with Crippen LogP contribution in [0.1, 0.15) is 11.1 Å². The Bertz CT molecular complexity index is 689. The smallest absolute Gasteiger partial charge is 0.258 e. The number of benzene rings is 2. The molecule has 3 rings (SSSR count). The van der Waals surface area contributed by atoms with E-state index in [1.54, 1.807) is 36.2 Å². The Balaban J connectivity index is 2.16. The van der Waals surface area contributed by atoms with Crippen molar-refractivity contribution >= 4 is 23.2 Å². The number of amides is 1. The van der Waals surface area contributed by atoms with Gasteiger partial charge in [0.15, 0.2) is 0 Å². The van der Waals surface area contributed by atoms with E-state index in [9.17, 15) is 9.90 Å². The Morgan fingerprint density at radius 2 is 1.74 bits per heavy atom. The molecule has 2 aromatic rings. The van der Waals surface area contributed by atoms with Crippen molar-refractivity contribution in [1.29, 1.82) is 0 Å². The van der Waals surface area contributed by atoms with E-state index in [0.29, 0.717) is 11.1 Å². The number of phenolic OH excluding ortho intramolecular Hbond substituents is 1. The molecule has 0 spiro atoms. The van der Waals surface area contributed by atoms with E-state index in [1.165, 1.54) is 0 Å². The van der Waals surface area contributed by atoms with E-state index < -0.39 is 0 Å². The van der Waals surface area contributed by atoms with E-state index in [4.69, 9.17) is 0 Å². The number of fused-ring (bicyclic) bond motifs is 1. The number of para-hydroxylation sites is 2.